The van der Waals surface area contributed by atoms with E-state index in [0.29, 0.717) is 24.4 Å². The van der Waals surface area contributed by atoms with Crippen LogP contribution < -0.4 is 11.1 Å². The van der Waals surface area contributed by atoms with E-state index in [-0.39, 0.29) is 11.4 Å². The van der Waals surface area contributed by atoms with Gasteiger partial charge >= 0.3 is 0 Å². The van der Waals surface area contributed by atoms with Crippen LogP contribution in [0.25, 0.3) is 0 Å². The van der Waals surface area contributed by atoms with E-state index >= 15 is 0 Å². The number of benzene rings is 1. The molecule has 112 valence electrons. The lowest BCUT2D eigenvalue weighted by molar-refractivity contribution is 0.291. The largest absolute Gasteiger partial charge is 0.329 e. The zero-order chi connectivity index (χ0) is 14.8. The van der Waals surface area contributed by atoms with Gasteiger partial charge in [-0.15, -0.1) is 0 Å². The van der Waals surface area contributed by atoms with E-state index in [1.165, 1.54) is 25.3 Å². The summed E-state index contributed by atoms with van der Waals surface area (Å²) in [6, 6.07) is 7.47. The van der Waals surface area contributed by atoms with E-state index in [1.807, 2.05) is 12.1 Å². The molecule has 0 bridgehead atoms. The third kappa shape index (κ3) is 3.80. The van der Waals surface area contributed by atoms with Crippen LogP contribution in [-0.2, 0) is 6.42 Å². The second kappa shape index (κ2) is 5.82. The van der Waals surface area contributed by atoms with E-state index in [2.05, 4.69) is 26.1 Å². The van der Waals surface area contributed by atoms with Gasteiger partial charge in [-0.3, -0.25) is 0 Å². The molecule has 2 atom stereocenters. The standard InChI is InChI=1S/C17H27FN2/c1-16(2)9-8-14(11-16)20-17(3,12-19)10-13-6-4-5-7-15(13)18/h4-7,14,20H,8-12,19H2,1-3H3. The molecule has 2 rings (SSSR count). The van der Waals surface area contributed by atoms with Gasteiger partial charge in [-0.2, -0.15) is 0 Å². The van der Waals surface area contributed by atoms with E-state index < -0.39 is 0 Å². The summed E-state index contributed by atoms with van der Waals surface area (Å²) >= 11 is 0. The molecule has 0 saturated heterocycles. The van der Waals surface area contributed by atoms with Crippen LogP contribution in [0.2, 0.25) is 0 Å². The van der Waals surface area contributed by atoms with Gasteiger partial charge < -0.3 is 11.1 Å². The second-order valence-electron chi connectivity index (χ2n) is 7.28. The molecule has 1 aromatic rings. The summed E-state index contributed by atoms with van der Waals surface area (Å²) in [5, 5.41) is 3.68. The average Bonchev–Trinajstić information content (AvgIpc) is 2.71. The first-order valence-corrected chi connectivity index (χ1v) is 7.55. The van der Waals surface area contributed by atoms with Crippen LogP contribution in [-0.4, -0.2) is 18.1 Å². The number of hydrogen-bond donors (Lipinski definition) is 2. The fourth-order valence-electron chi connectivity index (χ4n) is 3.30. The first-order valence-electron chi connectivity index (χ1n) is 7.55. The third-order valence-electron chi connectivity index (χ3n) is 4.51. The summed E-state index contributed by atoms with van der Waals surface area (Å²) in [7, 11) is 0. The van der Waals surface area contributed by atoms with Crippen molar-refractivity contribution in [2.75, 3.05) is 6.54 Å². The van der Waals surface area contributed by atoms with Crippen molar-refractivity contribution < 1.29 is 4.39 Å². The van der Waals surface area contributed by atoms with Crippen LogP contribution >= 0.6 is 0 Å². The molecule has 0 radical (unpaired) electrons. The van der Waals surface area contributed by atoms with Crippen molar-refractivity contribution in [3.8, 4) is 0 Å². The minimum atomic E-state index is -0.243. The van der Waals surface area contributed by atoms with Crippen LogP contribution in [0, 0.1) is 11.2 Å². The second-order valence-corrected chi connectivity index (χ2v) is 7.28. The summed E-state index contributed by atoms with van der Waals surface area (Å²) in [5.74, 6) is -0.138. The van der Waals surface area contributed by atoms with E-state index in [1.54, 1.807) is 6.07 Å². The number of nitrogens with one attached hydrogen (secondary N) is 1. The van der Waals surface area contributed by atoms with Crippen molar-refractivity contribution in [1.29, 1.82) is 0 Å². The number of rotatable bonds is 5. The third-order valence-corrected chi connectivity index (χ3v) is 4.51. The molecule has 2 unspecified atom stereocenters. The van der Waals surface area contributed by atoms with Crippen molar-refractivity contribution in [3.63, 3.8) is 0 Å². The summed E-state index contributed by atoms with van der Waals surface area (Å²) in [5.41, 5.74) is 6.87. The Hall–Kier alpha value is -0.930. The molecule has 20 heavy (non-hydrogen) atoms. The molecule has 3 N–H and O–H groups in total. The Morgan fingerprint density at radius 3 is 2.65 bits per heavy atom. The molecule has 0 amide bonds. The highest BCUT2D eigenvalue weighted by Crippen LogP contribution is 2.37. The molecular formula is C17H27FN2. The highest BCUT2D eigenvalue weighted by molar-refractivity contribution is 5.20. The van der Waals surface area contributed by atoms with Crippen molar-refractivity contribution in [2.45, 2.75) is 58.0 Å². The highest BCUT2D eigenvalue weighted by atomic mass is 19.1. The zero-order valence-corrected chi connectivity index (χ0v) is 12.9. The van der Waals surface area contributed by atoms with Crippen molar-refractivity contribution in [1.82, 2.24) is 5.32 Å². The van der Waals surface area contributed by atoms with Crippen LogP contribution in [0.3, 0.4) is 0 Å². The van der Waals surface area contributed by atoms with Gasteiger partial charge in [0.1, 0.15) is 5.82 Å². The molecule has 1 saturated carbocycles. The Balaban J connectivity index is 2.04. The maximum Gasteiger partial charge on any atom is 0.126 e. The number of hydrogen-bond acceptors (Lipinski definition) is 2. The minimum Gasteiger partial charge on any atom is -0.329 e. The molecular weight excluding hydrogens is 251 g/mol. The zero-order valence-electron chi connectivity index (χ0n) is 12.9. The van der Waals surface area contributed by atoms with Gasteiger partial charge in [0.25, 0.3) is 0 Å². The van der Waals surface area contributed by atoms with Crippen molar-refractivity contribution >= 4 is 0 Å². The average molecular weight is 278 g/mol. The first kappa shape index (κ1) is 15.5. The van der Waals surface area contributed by atoms with E-state index in [9.17, 15) is 4.39 Å². The predicted molar refractivity (Wildman–Crippen MR) is 82.1 cm³/mol. The maximum atomic E-state index is 13.8. The Kier molecular flexibility index (Phi) is 4.50. The lowest BCUT2D eigenvalue weighted by Gasteiger charge is -2.34. The predicted octanol–water partition coefficient (Wildman–Crippen LogP) is 3.25. The molecule has 1 aliphatic rings. The van der Waals surface area contributed by atoms with Crippen molar-refractivity contribution in [2.24, 2.45) is 11.1 Å². The highest BCUT2D eigenvalue weighted by Gasteiger charge is 2.35. The lowest BCUT2D eigenvalue weighted by atomic mass is 9.89. The molecule has 1 aliphatic carbocycles. The fraction of sp³-hybridized carbons (Fsp3) is 0.647. The smallest absolute Gasteiger partial charge is 0.126 e. The minimum absolute atomic E-state index is 0.138. The molecule has 2 nitrogen and oxygen atoms in total. The Morgan fingerprint density at radius 1 is 1.40 bits per heavy atom. The first-order chi connectivity index (χ1) is 9.34. The van der Waals surface area contributed by atoms with Gasteiger partial charge in [-0.25, -0.2) is 4.39 Å². The lowest BCUT2D eigenvalue weighted by Crippen LogP contribution is -2.54. The number of halogens is 1. The molecule has 3 heteroatoms. The molecule has 0 aromatic heterocycles. The fourth-order valence-corrected chi connectivity index (χ4v) is 3.30. The monoisotopic (exact) mass is 278 g/mol. The van der Waals surface area contributed by atoms with Crippen LogP contribution in [0.4, 0.5) is 4.39 Å². The Labute approximate surface area is 121 Å². The topological polar surface area (TPSA) is 38.0 Å². The SMILES string of the molecule is CC1(C)CCC(NC(C)(CN)Cc2ccccc2F)C1. The van der Waals surface area contributed by atoms with Crippen molar-refractivity contribution in [3.05, 3.63) is 35.6 Å². The molecule has 0 heterocycles. The van der Waals surface area contributed by atoms with Crippen LogP contribution in [0.1, 0.15) is 45.6 Å². The summed E-state index contributed by atoms with van der Waals surface area (Å²) in [4.78, 5) is 0. The molecule has 1 fully saturated rings. The van der Waals surface area contributed by atoms with Gasteiger partial charge in [0.05, 0.1) is 0 Å². The van der Waals surface area contributed by atoms with Gasteiger partial charge in [0.2, 0.25) is 0 Å². The van der Waals surface area contributed by atoms with Crippen LogP contribution in [0.5, 0.6) is 0 Å². The summed E-state index contributed by atoms with van der Waals surface area (Å²) in [6.07, 6.45) is 4.22. The number of nitrogens with two attached hydrogens (primary N) is 1. The molecule has 1 aromatic carbocycles. The van der Waals surface area contributed by atoms with Gasteiger partial charge in [0, 0.05) is 18.1 Å². The van der Waals surface area contributed by atoms with Gasteiger partial charge in [-0.05, 0) is 49.7 Å². The van der Waals surface area contributed by atoms with Gasteiger partial charge in [-0.1, -0.05) is 32.0 Å². The van der Waals surface area contributed by atoms with Gasteiger partial charge in [0.15, 0.2) is 0 Å². The molecule has 0 spiro atoms. The summed E-state index contributed by atoms with van der Waals surface area (Å²) < 4.78 is 13.8. The normalized spacial score (nSPS) is 24.6. The van der Waals surface area contributed by atoms with Crippen LogP contribution in [0.15, 0.2) is 24.3 Å². The quantitative estimate of drug-likeness (QED) is 0.867. The maximum absolute atomic E-state index is 13.8. The van der Waals surface area contributed by atoms with E-state index in [4.69, 9.17) is 5.73 Å². The Morgan fingerprint density at radius 2 is 2.10 bits per heavy atom. The molecule has 0 aliphatic heterocycles. The summed E-state index contributed by atoms with van der Waals surface area (Å²) in [6.45, 7) is 7.24. The van der Waals surface area contributed by atoms with E-state index in [0.717, 1.165) is 5.56 Å². The Bertz CT molecular complexity index is 458.